The Morgan fingerprint density at radius 2 is 2.10 bits per heavy atom. The van der Waals surface area contributed by atoms with Gasteiger partial charge in [-0.3, -0.25) is 14.6 Å². The first kappa shape index (κ1) is 15.7. The summed E-state index contributed by atoms with van der Waals surface area (Å²) in [6.07, 6.45) is 6.19. The molecule has 0 N–H and O–H groups in total. The molecule has 1 aliphatic rings. The van der Waals surface area contributed by atoms with Crippen molar-refractivity contribution in [3.63, 3.8) is 0 Å². The fourth-order valence-electron chi connectivity index (χ4n) is 3.04. The molecule has 1 fully saturated rings. The molecule has 0 amide bonds. The van der Waals surface area contributed by atoms with Crippen molar-refractivity contribution in [1.82, 2.24) is 19.7 Å². The minimum atomic E-state index is 0.216. The number of rotatable bonds is 1. The zero-order valence-electron chi connectivity index (χ0n) is 12.6. The summed E-state index contributed by atoms with van der Waals surface area (Å²) in [7, 11) is 0. The number of piperidine rings is 1. The van der Waals surface area contributed by atoms with Gasteiger partial charge in [0, 0.05) is 24.5 Å². The van der Waals surface area contributed by atoms with Crippen molar-refractivity contribution >= 4 is 49.4 Å². The molecule has 1 saturated heterocycles. The smallest absolute Gasteiger partial charge is 0.132 e. The normalized spacial score (nSPS) is 21.1. The average Bonchev–Trinajstić information content (AvgIpc) is 2.77. The van der Waals surface area contributed by atoms with Crippen LogP contribution in [-0.2, 0) is 0 Å². The standard InChI is InChI=1S/C15H20BrIN4/c1-15(2,3)20-6-4-5-10(9-20)21-13-11(14(17)19-21)7-18-8-12(13)16/h7-8,10H,4-6,9H2,1-3H3/t10-/m1/s1. The van der Waals surface area contributed by atoms with E-state index in [1.54, 1.807) is 0 Å². The Morgan fingerprint density at radius 1 is 1.33 bits per heavy atom. The van der Waals surface area contributed by atoms with Gasteiger partial charge in [0.15, 0.2) is 0 Å². The Balaban J connectivity index is 2.01. The van der Waals surface area contributed by atoms with Gasteiger partial charge in [-0.2, -0.15) is 5.10 Å². The van der Waals surface area contributed by atoms with Crippen LogP contribution < -0.4 is 0 Å². The van der Waals surface area contributed by atoms with Gasteiger partial charge in [-0.15, -0.1) is 0 Å². The van der Waals surface area contributed by atoms with Crippen LogP contribution in [0.5, 0.6) is 0 Å². The number of likely N-dealkylation sites (tertiary alicyclic amines) is 1. The van der Waals surface area contributed by atoms with Gasteiger partial charge in [-0.25, -0.2) is 0 Å². The molecule has 0 radical (unpaired) electrons. The highest BCUT2D eigenvalue weighted by Crippen LogP contribution is 2.33. The number of aromatic nitrogens is 3. The molecule has 1 atom stereocenters. The van der Waals surface area contributed by atoms with E-state index in [0.29, 0.717) is 6.04 Å². The molecule has 1 aliphatic heterocycles. The van der Waals surface area contributed by atoms with Crippen LogP contribution in [0.3, 0.4) is 0 Å². The molecule has 2 aromatic heterocycles. The zero-order valence-corrected chi connectivity index (χ0v) is 16.3. The predicted molar refractivity (Wildman–Crippen MR) is 97.5 cm³/mol. The highest BCUT2D eigenvalue weighted by molar-refractivity contribution is 14.1. The molecule has 0 unspecified atom stereocenters. The van der Waals surface area contributed by atoms with Crippen LogP contribution in [0.2, 0.25) is 0 Å². The third kappa shape index (κ3) is 2.99. The zero-order chi connectivity index (χ0) is 15.2. The van der Waals surface area contributed by atoms with Gasteiger partial charge in [0.05, 0.1) is 21.4 Å². The molecule has 0 spiro atoms. The lowest BCUT2D eigenvalue weighted by Gasteiger charge is -2.41. The molecular weight excluding hydrogens is 443 g/mol. The first-order valence-electron chi connectivity index (χ1n) is 7.30. The Kier molecular flexibility index (Phi) is 4.31. The first-order chi connectivity index (χ1) is 9.88. The van der Waals surface area contributed by atoms with Gasteiger partial charge in [0.25, 0.3) is 0 Å². The van der Waals surface area contributed by atoms with Gasteiger partial charge in [0.1, 0.15) is 3.70 Å². The van der Waals surface area contributed by atoms with Gasteiger partial charge < -0.3 is 0 Å². The van der Waals surface area contributed by atoms with E-state index in [9.17, 15) is 0 Å². The summed E-state index contributed by atoms with van der Waals surface area (Å²) in [6, 6.07) is 0.433. The van der Waals surface area contributed by atoms with Crippen LogP contribution in [0.4, 0.5) is 0 Å². The van der Waals surface area contributed by atoms with E-state index in [-0.39, 0.29) is 5.54 Å². The summed E-state index contributed by atoms with van der Waals surface area (Å²) < 4.78 is 4.27. The maximum Gasteiger partial charge on any atom is 0.132 e. The molecular formula is C15H20BrIN4. The van der Waals surface area contributed by atoms with Crippen LogP contribution >= 0.6 is 38.5 Å². The van der Waals surface area contributed by atoms with Crippen LogP contribution in [0.25, 0.3) is 10.9 Å². The van der Waals surface area contributed by atoms with E-state index >= 15 is 0 Å². The second kappa shape index (κ2) is 5.77. The maximum absolute atomic E-state index is 4.80. The quantitative estimate of drug-likeness (QED) is 0.594. The summed E-state index contributed by atoms with van der Waals surface area (Å²) in [5, 5.41) is 5.93. The summed E-state index contributed by atoms with van der Waals surface area (Å²) in [5.74, 6) is 0. The Labute approximate surface area is 147 Å². The van der Waals surface area contributed by atoms with Crippen molar-refractivity contribution in [1.29, 1.82) is 0 Å². The molecule has 0 bridgehead atoms. The minimum Gasteiger partial charge on any atom is -0.296 e. The average molecular weight is 463 g/mol. The van der Waals surface area contributed by atoms with E-state index in [4.69, 9.17) is 5.10 Å². The number of nitrogens with zero attached hydrogens (tertiary/aromatic N) is 4. The number of hydrogen-bond acceptors (Lipinski definition) is 3. The number of hydrogen-bond donors (Lipinski definition) is 0. The molecule has 6 heteroatoms. The fourth-order valence-corrected chi connectivity index (χ4v) is 4.18. The van der Waals surface area contributed by atoms with E-state index in [2.05, 4.69) is 73.9 Å². The third-order valence-corrected chi connectivity index (χ3v) is 5.59. The van der Waals surface area contributed by atoms with Crippen LogP contribution in [0, 0.1) is 3.70 Å². The Hall–Kier alpha value is -0.210. The second-order valence-electron chi connectivity index (χ2n) is 6.67. The molecule has 3 heterocycles. The topological polar surface area (TPSA) is 34.0 Å². The summed E-state index contributed by atoms with van der Waals surface area (Å²) >= 11 is 5.95. The third-order valence-electron chi connectivity index (χ3n) is 4.21. The van der Waals surface area contributed by atoms with Crippen molar-refractivity contribution in [2.75, 3.05) is 13.1 Å². The monoisotopic (exact) mass is 462 g/mol. The molecule has 0 aromatic carbocycles. The van der Waals surface area contributed by atoms with E-state index in [1.165, 1.54) is 24.9 Å². The predicted octanol–water partition coefficient (Wildman–Crippen LogP) is 4.23. The van der Waals surface area contributed by atoms with Crippen molar-refractivity contribution in [2.45, 2.75) is 45.2 Å². The lowest BCUT2D eigenvalue weighted by atomic mass is 9.98. The van der Waals surface area contributed by atoms with Gasteiger partial charge in [-0.1, -0.05) is 0 Å². The van der Waals surface area contributed by atoms with Crippen LogP contribution in [0.1, 0.15) is 39.7 Å². The second-order valence-corrected chi connectivity index (χ2v) is 8.54. The fraction of sp³-hybridized carbons (Fsp3) is 0.600. The number of pyridine rings is 1. The SMILES string of the molecule is CC(C)(C)N1CCC[C@@H](n2nc(I)c3cncc(Br)c32)C1. The highest BCUT2D eigenvalue weighted by Gasteiger charge is 2.30. The molecule has 4 nitrogen and oxygen atoms in total. The van der Waals surface area contributed by atoms with E-state index in [1.807, 2.05) is 12.4 Å². The van der Waals surface area contributed by atoms with Gasteiger partial charge >= 0.3 is 0 Å². The number of halogens is 2. The lowest BCUT2D eigenvalue weighted by Crippen LogP contribution is -2.47. The van der Waals surface area contributed by atoms with Crippen LogP contribution in [-0.4, -0.2) is 38.3 Å². The summed E-state index contributed by atoms with van der Waals surface area (Å²) in [5.41, 5.74) is 1.39. The van der Waals surface area contributed by atoms with Crippen molar-refractivity contribution in [3.8, 4) is 0 Å². The molecule has 114 valence electrons. The minimum absolute atomic E-state index is 0.216. The molecule has 21 heavy (non-hydrogen) atoms. The van der Waals surface area contributed by atoms with Crippen molar-refractivity contribution < 1.29 is 0 Å². The first-order valence-corrected chi connectivity index (χ1v) is 9.17. The van der Waals surface area contributed by atoms with Crippen LogP contribution in [0.15, 0.2) is 16.9 Å². The van der Waals surface area contributed by atoms with Crippen molar-refractivity contribution in [2.24, 2.45) is 0 Å². The Bertz CT molecular complexity index is 661. The van der Waals surface area contributed by atoms with E-state index in [0.717, 1.165) is 20.1 Å². The summed E-state index contributed by atoms with van der Waals surface area (Å²) in [6.45, 7) is 9.12. The highest BCUT2D eigenvalue weighted by atomic mass is 127. The van der Waals surface area contributed by atoms with Crippen molar-refractivity contribution in [3.05, 3.63) is 20.6 Å². The molecule has 3 rings (SSSR count). The number of fused-ring (bicyclic) bond motifs is 1. The molecule has 2 aromatic rings. The molecule has 0 aliphatic carbocycles. The molecule has 0 saturated carbocycles. The summed E-state index contributed by atoms with van der Waals surface area (Å²) in [4.78, 5) is 6.84. The Morgan fingerprint density at radius 3 is 2.81 bits per heavy atom. The maximum atomic E-state index is 4.80. The largest absolute Gasteiger partial charge is 0.296 e. The lowest BCUT2D eigenvalue weighted by molar-refractivity contribution is 0.0797. The van der Waals surface area contributed by atoms with E-state index < -0.39 is 0 Å². The van der Waals surface area contributed by atoms with Gasteiger partial charge in [-0.05, 0) is 78.7 Å². The van der Waals surface area contributed by atoms with Gasteiger partial charge in [0.2, 0.25) is 0 Å².